The zero-order valence-corrected chi connectivity index (χ0v) is 13.7. The van der Waals surface area contributed by atoms with Crippen LogP contribution in [-0.2, 0) is 0 Å². The van der Waals surface area contributed by atoms with Gasteiger partial charge in [0.2, 0.25) is 5.71 Å². The number of nitrogens with zero attached hydrogens (tertiary/aromatic N) is 2. The van der Waals surface area contributed by atoms with E-state index in [2.05, 4.69) is 42.6 Å². The standard InChI is InChI=1S/C17H17N5S/c1-11-7-8-15(12(2)9-11)23-16-6-4-3-5-13(16)21-22-14(10-18)17(19)20/h3-9,21H,1-2H3,(H3,19,20)/b22-14+. The minimum atomic E-state index is -0.362. The zero-order chi connectivity index (χ0) is 16.8. The van der Waals surface area contributed by atoms with E-state index in [1.165, 1.54) is 11.1 Å². The summed E-state index contributed by atoms with van der Waals surface area (Å²) in [6.45, 7) is 4.14. The minimum absolute atomic E-state index is 0.142. The molecule has 0 saturated heterocycles. The number of para-hydroxylation sites is 1. The van der Waals surface area contributed by atoms with Crippen LogP contribution in [0.1, 0.15) is 11.1 Å². The number of nitriles is 1. The Morgan fingerprint density at radius 2 is 1.96 bits per heavy atom. The van der Waals surface area contributed by atoms with Gasteiger partial charge in [-0.1, -0.05) is 41.6 Å². The number of hydrogen-bond donors (Lipinski definition) is 3. The van der Waals surface area contributed by atoms with Crippen molar-refractivity contribution in [3.63, 3.8) is 0 Å². The lowest BCUT2D eigenvalue weighted by Gasteiger charge is -2.11. The SMILES string of the molecule is Cc1ccc(Sc2ccccc2N/N=C(\C#N)C(=N)N)c(C)c1. The van der Waals surface area contributed by atoms with E-state index in [-0.39, 0.29) is 11.5 Å². The molecular weight excluding hydrogens is 306 g/mol. The highest BCUT2D eigenvalue weighted by molar-refractivity contribution is 7.99. The number of aryl methyl sites for hydroxylation is 2. The molecule has 0 atom stereocenters. The molecule has 0 aliphatic rings. The maximum Gasteiger partial charge on any atom is 0.201 e. The van der Waals surface area contributed by atoms with Crippen LogP contribution in [-0.4, -0.2) is 11.5 Å². The lowest BCUT2D eigenvalue weighted by Crippen LogP contribution is -2.21. The molecule has 0 aromatic heterocycles. The summed E-state index contributed by atoms with van der Waals surface area (Å²) in [5, 5.41) is 20.1. The number of nitrogens with two attached hydrogens (primary N) is 1. The van der Waals surface area contributed by atoms with Crippen molar-refractivity contribution in [1.29, 1.82) is 10.7 Å². The van der Waals surface area contributed by atoms with Gasteiger partial charge in [-0.25, -0.2) is 0 Å². The molecule has 23 heavy (non-hydrogen) atoms. The first-order chi connectivity index (χ1) is 11.0. The first-order valence-corrected chi connectivity index (χ1v) is 7.75. The molecule has 5 nitrogen and oxygen atoms in total. The summed E-state index contributed by atoms with van der Waals surface area (Å²) in [5.74, 6) is -0.362. The second-order valence-electron chi connectivity index (χ2n) is 4.96. The largest absolute Gasteiger partial charge is 0.382 e. The lowest BCUT2D eigenvalue weighted by atomic mass is 10.2. The van der Waals surface area contributed by atoms with Crippen molar-refractivity contribution in [3.8, 4) is 6.07 Å². The molecule has 0 unspecified atom stereocenters. The van der Waals surface area contributed by atoms with Crippen LogP contribution in [0.4, 0.5) is 5.69 Å². The normalized spacial score (nSPS) is 10.9. The van der Waals surface area contributed by atoms with Crippen LogP contribution in [0.2, 0.25) is 0 Å². The van der Waals surface area contributed by atoms with E-state index in [0.717, 1.165) is 15.5 Å². The predicted molar refractivity (Wildman–Crippen MR) is 95.1 cm³/mol. The van der Waals surface area contributed by atoms with Crippen molar-refractivity contribution in [2.75, 3.05) is 5.43 Å². The molecule has 0 bridgehead atoms. The van der Waals surface area contributed by atoms with Gasteiger partial charge in [-0.2, -0.15) is 10.4 Å². The van der Waals surface area contributed by atoms with Gasteiger partial charge in [0.25, 0.3) is 0 Å². The third kappa shape index (κ3) is 4.34. The maximum atomic E-state index is 8.89. The van der Waals surface area contributed by atoms with Crippen LogP contribution >= 0.6 is 11.8 Å². The Bertz CT molecular complexity index is 805. The number of hydrazone groups is 1. The van der Waals surface area contributed by atoms with Gasteiger partial charge in [-0.3, -0.25) is 10.8 Å². The number of hydrogen-bond acceptors (Lipinski definition) is 5. The molecular formula is C17H17N5S. The molecule has 0 heterocycles. The molecule has 0 spiro atoms. The maximum absolute atomic E-state index is 8.89. The van der Waals surface area contributed by atoms with E-state index in [1.54, 1.807) is 17.8 Å². The Hall–Kier alpha value is -2.78. The summed E-state index contributed by atoms with van der Waals surface area (Å²) in [7, 11) is 0. The van der Waals surface area contributed by atoms with E-state index in [4.69, 9.17) is 16.4 Å². The summed E-state index contributed by atoms with van der Waals surface area (Å²) >= 11 is 1.62. The van der Waals surface area contributed by atoms with Crippen LogP contribution in [0, 0.1) is 30.6 Å². The minimum Gasteiger partial charge on any atom is -0.382 e. The number of benzene rings is 2. The molecule has 0 aliphatic carbocycles. The van der Waals surface area contributed by atoms with Crippen molar-refractivity contribution >= 4 is 29.0 Å². The Morgan fingerprint density at radius 1 is 1.22 bits per heavy atom. The molecule has 2 aromatic rings. The van der Waals surface area contributed by atoms with Crippen molar-refractivity contribution in [2.24, 2.45) is 10.8 Å². The van der Waals surface area contributed by atoms with E-state index in [1.807, 2.05) is 24.3 Å². The number of rotatable bonds is 5. The predicted octanol–water partition coefficient (Wildman–Crippen LogP) is 3.68. The monoisotopic (exact) mass is 323 g/mol. The molecule has 0 fully saturated rings. The molecule has 0 amide bonds. The number of amidine groups is 1. The second-order valence-corrected chi connectivity index (χ2v) is 6.05. The fourth-order valence-electron chi connectivity index (χ4n) is 1.94. The van der Waals surface area contributed by atoms with E-state index >= 15 is 0 Å². The topological polar surface area (TPSA) is 98.0 Å². The summed E-state index contributed by atoms with van der Waals surface area (Å²) in [6.07, 6.45) is 0. The molecule has 116 valence electrons. The third-order valence-electron chi connectivity index (χ3n) is 3.09. The Morgan fingerprint density at radius 3 is 2.61 bits per heavy atom. The fraction of sp³-hybridized carbons (Fsp3) is 0.118. The summed E-state index contributed by atoms with van der Waals surface area (Å²) in [6, 6.07) is 15.8. The van der Waals surface area contributed by atoms with Crippen molar-refractivity contribution < 1.29 is 0 Å². The average Bonchev–Trinajstić information content (AvgIpc) is 2.51. The highest BCUT2D eigenvalue weighted by atomic mass is 32.2. The smallest absolute Gasteiger partial charge is 0.201 e. The Labute approximate surface area is 139 Å². The molecule has 4 N–H and O–H groups in total. The van der Waals surface area contributed by atoms with Gasteiger partial charge < -0.3 is 5.73 Å². The van der Waals surface area contributed by atoms with Gasteiger partial charge in [-0.05, 0) is 37.6 Å². The quantitative estimate of drug-likeness (QED) is 0.444. The van der Waals surface area contributed by atoms with Crippen LogP contribution in [0.25, 0.3) is 0 Å². The Kier molecular flexibility index (Phi) is 5.39. The molecule has 0 saturated carbocycles. The van der Waals surface area contributed by atoms with E-state index < -0.39 is 0 Å². The second kappa shape index (κ2) is 7.47. The van der Waals surface area contributed by atoms with Crippen molar-refractivity contribution in [1.82, 2.24) is 0 Å². The first-order valence-electron chi connectivity index (χ1n) is 6.93. The molecule has 0 aliphatic heterocycles. The number of anilines is 1. The first kappa shape index (κ1) is 16.6. The van der Waals surface area contributed by atoms with Crippen LogP contribution < -0.4 is 11.2 Å². The van der Waals surface area contributed by atoms with Gasteiger partial charge in [0, 0.05) is 9.79 Å². The summed E-state index contributed by atoms with van der Waals surface area (Å²) < 4.78 is 0. The zero-order valence-electron chi connectivity index (χ0n) is 12.9. The van der Waals surface area contributed by atoms with E-state index in [0.29, 0.717) is 0 Å². The van der Waals surface area contributed by atoms with Crippen LogP contribution in [0.15, 0.2) is 57.4 Å². The number of nitrogens with one attached hydrogen (secondary N) is 2. The summed E-state index contributed by atoms with van der Waals surface area (Å²) in [5.41, 5.74) is 11.2. The van der Waals surface area contributed by atoms with Gasteiger partial charge in [0.1, 0.15) is 6.07 Å². The molecule has 2 rings (SSSR count). The third-order valence-corrected chi connectivity index (χ3v) is 4.34. The fourth-order valence-corrected chi connectivity index (χ4v) is 2.91. The lowest BCUT2D eigenvalue weighted by molar-refractivity contribution is 1.24. The van der Waals surface area contributed by atoms with Crippen LogP contribution in [0.5, 0.6) is 0 Å². The van der Waals surface area contributed by atoms with Crippen molar-refractivity contribution in [2.45, 2.75) is 23.6 Å². The molecule has 2 aromatic carbocycles. The Balaban J connectivity index is 2.27. The molecule has 6 heteroatoms. The van der Waals surface area contributed by atoms with Gasteiger partial charge in [-0.15, -0.1) is 0 Å². The van der Waals surface area contributed by atoms with Gasteiger partial charge >= 0.3 is 0 Å². The summed E-state index contributed by atoms with van der Waals surface area (Å²) in [4.78, 5) is 2.13. The highest BCUT2D eigenvalue weighted by Gasteiger charge is 2.07. The average molecular weight is 323 g/mol. The van der Waals surface area contributed by atoms with Crippen LogP contribution in [0.3, 0.4) is 0 Å². The van der Waals surface area contributed by atoms with Gasteiger partial charge in [0.05, 0.1) is 5.69 Å². The highest BCUT2D eigenvalue weighted by Crippen LogP contribution is 2.35. The molecule has 0 radical (unpaired) electrons. The van der Waals surface area contributed by atoms with Gasteiger partial charge in [0.15, 0.2) is 5.84 Å². The van der Waals surface area contributed by atoms with E-state index in [9.17, 15) is 0 Å². The van der Waals surface area contributed by atoms with Crippen molar-refractivity contribution in [3.05, 3.63) is 53.6 Å².